The molecule has 1 fully saturated rings. The van der Waals surface area contributed by atoms with Gasteiger partial charge in [-0.15, -0.1) is 13.2 Å². The number of aromatic amines is 1. The third-order valence-corrected chi connectivity index (χ3v) is 7.14. The van der Waals surface area contributed by atoms with E-state index in [0.29, 0.717) is 43.8 Å². The topological polar surface area (TPSA) is 101 Å². The van der Waals surface area contributed by atoms with Gasteiger partial charge in [0.25, 0.3) is 5.91 Å². The molecule has 0 saturated carbocycles. The minimum Gasteiger partial charge on any atom is -0.444 e. The fourth-order valence-electron chi connectivity index (χ4n) is 5.16. The Bertz CT molecular complexity index is 1450. The van der Waals surface area contributed by atoms with Crippen molar-refractivity contribution in [2.75, 3.05) is 26.2 Å². The molecule has 1 aromatic carbocycles. The number of pyridine rings is 1. The van der Waals surface area contributed by atoms with E-state index in [-0.39, 0.29) is 23.7 Å². The fraction of sp³-hybridized carbons (Fsp3) is 0.448. The Morgan fingerprint density at radius 3 is 2.32 bits per heavy atom. The first-order valence-corrected chi connectivity index (χ1v) is 13.5. The molecule has 0 atom stereocenters. The van der Waals surface area contributed by atoms with Gasteiger partial charge in [-0.05, 0) is 87.4 Å². The van der Waals surface area contributed by atoms with Gasteiger partial charge in [-0.25, -0.2) is 14.8 Å². The number of nitrogens with zero attached hydrogens (tertiary/aromatic N) is 4. The van der Waals surface area contributed by atoms with Gasteiger partial charge in [0.2, 0.25) is 0 Å². The number of aromatic nitrogens is 3. The van der Waals surface area contributed by atoms with Crippen molar-refractivity contribution >= 4 is 28.7 Å². The lowest BCUT2D eigenvalue weighted by Crippen LogP contribution is -2.39. The van der Waals surface area contributed by atoms with E-state index in [2.05, 4.69) is 14.7 Å². The van der Waals surface area contributed by atoms with E-state index in [1.807, 2.05) is 32.9 Å². The molecule has 0 spiro atoms. The molecule has 12 heteroatoms. The van der Waals surface area contributed by atoms with Crippen LogP contribution in [0.5, 0.6) is 5.75 Å². The summed E-state index contributed by atoms with van der Waals surface area (Å²) in [6.45, 7) is 7.52. The van der Waals surface area contributed by atoms with Gasteiger partial charge in [-0.3, -0.25) is 4.79 Å². The quantitative estimate of drug-likeness (QED) is 0.419. The first kappa shape index (κ1) is 28.4. The molecule has 2 aromatic heterocycles. The van der Waals surface area contributed by atoms with Crippen LogP contribution in [-0.2, 0) is 4.74 Å². The zero-order valence-electron chi connectivity index (χ0n) is 23.1. The van der Waals surface area contributed by atoms with E-state index in [4.69, 9.17) is 9.72 Å². The zero-order valence-corrected chi connectivity index (χ0v) is 23.1. The highest BCUT2D eigenvalue weighted by Gasteiger charge is 2.32. The predicted octanol–water partition coefficient (Wildman–Crippen LogP) is 5.90. The number of piperidine rings is 1. The second kappa shape index (κ2) is 11.1. The van der Waals surface area contributed by atoms with Gasteiger partial charge in [-0.2, -0.15) is 0 Å². The number of carbonyl (C=O) groups excluding carboxylic acids is 2. The molecule has 1 N–H and O–H groups in total. The standard InChI is InChI=1S/C29H32F3N5O4/c1-28(2,3)41-27(39)37-16-11-19(12-17-37)24-34-23-22(8-13-33-25(23)35-24)18-9-14-36(15-10-18)26(38)20-4-6-21(7-5-20)40-29(30,31)32/h4-8,11,13,18H,9-10,12,14-17H2,1-3H3,(H,33,34,35). The summed E-state index contributed by atoms with van der Waals surface area (Å²) in [5.74, 6) is 0.311. The van der Waals surface area contributed by atoms with Gasteiger partial charge in [0, 0.05) is 37.9 Å². The molecule has 218 valence electrons. The molecule has 5 rings (SSSR count). The molecule has 0 radical (unpaired) electrons. The number of H-pyrrole nitrogens is 1. The van der Waals surface area contributed by atoms with Gasteiger partial charge >= 0.3 is 12.5 Å². The Morgan fingerprint density at radius 1 is 1.00 bits per heavy atom. The lowest BCUT2D eigenvalue weighted by molar-refractivity contribution is -0.274. The number of rotatable bonds is 4. The van der Waals surface area contributed by atoms with Crippen molar-refractivity contribution in [3.8, 4) is 5.75 Å². The van der Waals surface area contributed by atoms with Crippen LogP contribution in [0.25, 0.3) is 16.7 Å². The fourth-order valence-corrected chi connectivity index (χ4v) is 5.16. The molecule has 3 aromatic rings. The number of alkyl halides is 3. The Hall–Kier alpha value is -4.09. The van der Waals surface area contributed by atoms with Crippen LogP contribution in [0.4, 0.5) is 18.0 Å². The normalized spacial score (nSPS) is 17.0. The van der Waals surface area contributed by atoms with Crippen molar-refractivity contribution in [2.45, 2.75) is 57.9 Å². The van der Waals surface area contributed by atoms with Gasteiger partial charge in [0.05, 0.1) is 0 Å². The summed E-state index contributed by atoms with van der Waals surface area (Å²) in [5, 5.41) is 0. The van der Waals surface area contributed by atoms with Crippen molar-refractivity contribution in [3.63, 3.8) is 0 Å². The summed E-state index contributed by atoms with van der Waals surface area (Å²) in [4.78, 5) is 41.4. The molecule has 2 amide bonds. The predicted molar refractivity (Wildman–Crippen MR) is 145 cm³/mol. The molecule has 1 saturated heterocycles. The maximum Gasteiger partial charge on any atom is 0.573 e. The zero-order chi connectivity index (χ0) is 29.4. The first-order valence-electron chi connectivity index (χ1n) is 13.5. The van der Waals surface area contributed by atoms with Crippen LogP contribution < -0.4 is 4.74 Å². The number of ether oxygens (including phenoxy) is 2. The molecule has 9 nitrogen and oxygen atoms in total. The highest BCUT2D eigenvalue weighted by molar-refractivity contribution is 5.94. The van der Waals surface area contributed by atoms with Crippen molar-refractivity contribution in [3.05, 3.63) is 59.6 Å². The number of fused-ring (bicyclic) bond motifs is 1. The molecule has 0 unspecified atom stereocenters. The molecular weight excluding hydrogens is 539 g/mol. The number of carbonyl (C=O) groups is 2. The van der Waals surface area contributed by atoms with Gasteiger partial charge in [0.15, 0.2) is 5.65 Å². The van der Waals surface area contributed by atoms with Crippen LogP contribution in [0, 0.1) is 0 Å². The monoisotopic (exact) mass is 571 g/mol. The van der Waals surface area contributed by atoms with E-state index >= 15 is 0 Å². The minimum absolute atomic E-state index is 0.172. The van der Waals surface area contributed by atoms with Gasteiger partial charge in [-0.1, -0.05) is 6.08 Å². The summed E-state index contributed by atoms with van der Waals surface area (Å²) < 4.78 is 46.6. The summed E-state index contributed by atoms with van der Waals surface area (Å²) in [5.41, 5.74) is 3.32. The minimum atomic E-state index is -4.78. The molecule has 2 aliphatic heterocycles. The third kappa shape index (κ3) is 6.80. The summed E-state index contributed by atoms with van der Waals surface area (Å²) in [7, 11) is 0. The van der Waals surface area contributed by atoms with Crippen LogP contribution in [0.3, 0.4) is 0 Å². The van der Waals surface area contributed by atoms with E-state index in [0.717, 1.165) is 47.5 Å². The smallest absolute Gasteiger partial charge is 0.444 e. The maximum atomic E-state index is 13.0. The highest BCUT2D eigenvalue weighted by Crippen LogP contribution is 2.33. The number of hydrogen-bond donors (Lipinski definition) is 1. The number of likely N-dealkylation sites (tertiary alicyclic amines) is 1. The van der Waals surface area contributed by atoms with Crippen molar-refractivity contribution < 1.29 is 32.2 Å². The lowest BCUT2D eigenvalue weighted by atomic mass is 9.89. The Labute approximate surface area is 235 Å². The molecular formula is C29H32F3N5O4. The molecule has 4 heterocycles. The second-order valence-corrected chi connectivity index (χ2v) is 11.2. The SMILES string of the molecule is CC(C)(C)OC(=O)N1CC=C(c2nc3c(C4CCN(C(=O)c5ccc(OC(F)(F)F)cc5)CC4)ccnc3[nH]2)CC1. The van der Waals surface area contributed by atoms with E-state index in [1.54, 1.807) is 16.0 Å². The molecule has 0 bridgehead atoms. The Kier molecular flexibility index (Phi) is 7.67. The number of amides is 2. The van der Waals surface area contributed by atoms with E-state index < -0.39 is 12.0 Å². The lowest BCUT2D eigenvalue weighted by Gasteiger charge is -2.32. The number of benzene rings is 1. The molecule has 2 aliphatic rings. The summed E-state index contributed by atoms with van der Waals surface area (Å²) in [6, 6.07) is 6.95. The van der Waals surface area contributed by atoms with Gasteiger partial charge in [0.1, 0.15) is 22.7 Å². The first-order chi connectivity index (χ1) is 19.4. The van der Waals surface area contributed by atoms with Crippen LogP contribution in [-0.4, -0.2) is 74.9 Å². The van der Waals surface area contributed by atoms with Crippen LogP contribution in [0.15, 0.2) is 42.6 Å². The molecule has 41 heavy (non-hydrogen) atoms. The maximum absolute atomic E-state index is 13.0. The van der Waals surface area contributed by atoms with Crippen molar-refractivity contribution in [1.82, 2.24) is 24.8 Å². The van der Waals surface area contributed by atoms with Crippen LogP contribution in [0.2, 0.25) is 0 Å². The Balaban J connectivity index is 1.23. The largest absolute Gasteiger partial charge is 0.573 e. The second-order valence-electron chi connectivity index (χ2n) is 11.2. The van der Waals surface area contributed by atoms with Crippen LogP contribution >= 0.6 is 0 Å². The average Bonchev–Trinajstić information content (AvgIpc) is 3.36. The number of hydrogen-bond acceptors (Lipinski definition) is 6. The Morgan fingerprint density at radius 2 is 1.71 bits per heavy atom. The third-order valence-electron chi connectivity index (χ3n) is 7.14. The number of imidazole rings is 1. The molecule has 0 aliphatic carbocycles. The van der Waals surface area contributed by atoms with Gasteiger partial charge < -0.3 is 24.3 Å². The van der Waals surface area contributed by atoms with E-state index in [1.165, 1.54) is 12.1 Å². The van der Waals surface area contributed by atoms with Crippen molar-refractivity contribution in [1.29, 1.82) is 0 Å². The van der Waals surface area contributed by atoms with Crippen molar-refractivity contribution in [2.24, 2.45) is 0 Å². The van der Waals surface area contributed by atoms with E-state index in [9.17, 15) is 22.8 Å². The highest BCUT2D eigenvalue weighted by atomic mass is 19.4. The number of nitrogens with one attached hydrogen (secondary N) is 1. The average molecular weight is 572 g/mol. The summed E-state index contributed by atoms with van der Waals surface area (Å²) in [6.07, 6.45) is 0.692. The summed E-state index contributed by atoms with van der Waals surface area (Å²) >= 11 is 0. The number of halogens is 3. The van der Waals surface area contributed by atoms with Crippen LogP contribution in [0.1, 0.15) is 67.7 Å².